The molecule has 0 amide bonds. The fourth-order valence-corrected chi connectivity index (χ4v) is 4.15. The van der Waals surface area contributed by atoms with Gasteiger partial charge in [-0.3, -0.25) is 4.79 Å². The minimum Gasteiger partial charge on any atom is -0.298 e. The first-order valence-electron chi connectivity index (χ1n) is 5.54. The molecule has 0 aromatic carbocycles. The zero-order chi connectivity index (χ0) is 10.6. The van der Waals surface area contributed by atoms with Crippen LogP contribution in [0.3, 0.4) is 0 Å². The molecule has 0 radical (unpaired) electrons. The monoisotopic (exact) mass is 212 g/mol. The van der Waals surface area contributed by atoms with Gasteiger partial charge in [0.2, 0.25) is 0 Å². The lowest BCUT2D eigenvalue weighted by atomic mass is 10.0. The molecular formula is C12H20OS. The number of carbonyl (C=O) groups excluding carboxylic acids is 1. The van der Waals surface area contributed by atoms with Gasteiger partial charge < -0.3 is 0 Å². The minimum atomic E-state index is 0.229. The topological polar surface area (TPSA) is 17.1 Å². The molecule has 1 atom stereocenters. The van der Waals surface area contributed by atoms with Crippen molar-refractivity contribution < 1.29 is 4.79 Å². The van der Waals surface area contributed by atoms with E-state index in [1.165, 1.54) is 12.2 Å². The SMILES string of the molecule is CC1(C)C(C(=O)C2CCCS2)C1(C)C. The molecule has 2 rings (SSSR count). The molecule has 0 aromatic rings. The first kappa shape index (κ1) is 10.5. The molecule has 1 aliphatic carbocycles. The predicted molar refractivity (Wildman–Crippen MR) is 61.5 cm³/mol. The fraction of sp³-hybridized carbons (Fsp3) is 0.917. The van der Waals surface area contributed by atoms with E-state index < -0.39 is 0 Å². The van der Waals surface area contributed by atoms with Gasteiger partial charge in [0.05, 0.1) is 5.25 Å². The summed E-state index contributed by atoms with van der Waals surface area (Å²) < 4.78 is 0. The van der Waals surface area contributed by atoms with Crippen LogP contribution in [0.25, 0.3) is 0 Å². The van der Waals surface area contributed by atoms with Crippen LogP contribution in [0, 0.1) is 16.7 Å². The molecule has 2 heteroatoms. The van der Waals surface area contributed by atoms with Gasteiger partial charge >= 0.3 is 0 Å². The molecule has 1 unspecified atom stereocenters. The highest BCUT2D eigenvalue weighted by Crippen LogP contribution is 2.69. The lowest BCUT2D eigenvalue weighted by Crippen LogP contribution is -2.19. The summed E-state index contributed by atoms with van der Waals surface area (Å²) in [5, 5.41) is 0.320. The quantitative estimate of drug-likeness (QED) is 0.699. The van der Waals surface area contributed by atoms with Crippen molar-refractivity contribution in [2.75, 3.05) is 5.75 Å². The summed E-state index contributed by atoms with van der Waals surface area (Å²) in [7, 11) is 0. The largest absolute Gasteiger partial charge is 0.298 e. The van der Waals surface area contributed by atoms with Gasteiger partial charge in [-0.2, -0.15) is 11.8 Å². The van der Waals surface area contributed by atoms with E-state index in [0.717, 1.165) is 6.42 Å². The van der Waals surface area contributed by atoms with E-state index in [4.69, 9.17) is 0 Å². The summed E-state index contributed by atoms with van der Waals surface area (Å²) in [6.07, 6.45) is 2.35. The Balaban J connectivity index is 2.07. The summed E-state index contributed by atoms with van der Waals surface area (Å²) in [5.41, 5.74) is 0.459. The Morgan fingerprint density at radius 3 is 2.14 bits per heavy atom. The van der Waals surface area contributed by atoms with Crippen LogP contribution < -0.4 is 0 Å². The zero-order valence-electron chi connectivity index (χ0n) is 9.59. The van der Waals surface area contributed by atoms with E-state index in [9.17, 15) is 4.79 Å². The lowest BCUT2D eigenvalue weighted by Gasteiger charge is -2.08. The molecule has 0 spiro atoms. The molecular weight excluding hydrogens is 192 g/mol. The number of hydrogen-bond donors (Lipinski definition) is 0. The second-order valence-corrected chi connectivity index (χ2v) is 7.09. The third kappa shape index (κ3) is 1.26. The van der Waals surface area contributed by atoms with E-state index in [1.807, 2.05) is 11.8 Å². The van der Waals surface area contributed by atoms with Gasteiger partial charge in [0.25, 0.3) is 0 Å². The maximum atomic E-state index is 12.2. The van der Waals surface area contributed by atoms with Crippen molar-refractivity contribution in [1.82, 2.24) is 0 Å². The molecule has 1 heterocycles. The van der Waals surface area contributed by atoms with Crippen LogP contribution in [-0.2, 0) is 4.79 Å². The Morgan fingerprint density at radius 1 is 1.21 bits per heavy atom. The van der Waals surface area contributed by atoms with Crippen LogP contribution in [-0.4, -0.2) is 16.8 Å². The molecule has 0 aromatic heterocycles. The van der Waals surface area contributed by atoms with Gasteiger partial charge in [0.15, 0.2) is 0 Å². The second kappa shape index (κ2) is 3.01. The highest BCUT2D eigenvalue weighted by Gasteiger charge is 2.68. The number of rotatable bonds is 2. The summed E-state index contributed by atoms with van der Waals surface area (Å²) in [4.78, 5) is 12.2. The van der Waals surface area contributed by atoms with Crippen LogP contribution in [0.5, 0.6) is 0 Å². The summed E-state index contributed by atoms with van der Waals surface area (Å²) >= 11 is 1.87. The van der Waals surface area contributed by atoms with E-state index in [1.54, 1.807) is 0 Å². The Bertz CT molecular complexity index is 247. The molecule has 1 saturated heterocycles. The number of carbonyl (C=O) groups is 1. The molecule has 1 nitrogen and oxygen atoms in total. The van der Waals surface area contributed by atoms with Gasteiger partial charge in [-0.05, 0) is 29.4 Å². The molecule has 2 aliphatic rings. The third-order valence-electron chi connectivity index (χ3n) is 4.55. The number of ketones is 1. The standard InChI is InChI=1S/C12H20OS/c1-11(2)10(12(11,3)4)9(13)8-6-5-7-14-8/h8,10H,5-7H2,1-4H3. The molecule has 14 heavy (non-hydrogen) atoms. The highest BCUT2D eigenvalue weighted by atomic mass is 32.2. The first-order chi connectivity index (χ1) is 6.39. The van der Waals surface area contributed by atoms with Crippen LogP contribution >= 0.6 is 11.8 Å². The van der Waals surface area contributed by atoms with E-state index in [-0.39, 0.29) is 10.8 Å². The average Bonchev–Trinajstić information content (AvgIpc) is 2.53. The zero-order valence-corrected chi connectivity index (χ0v) is 10.4. The molecule has 0 bridgehead atoms. The maximum absolute atomic E-state index is 12.2. The van der Waals surface area contributed by atoms with Crippen molar-refractivity contribution in [3.63, 3.8) is 0 Å². The van der Waals surface area contributed by atoms with Crippen molar-refractivity contribution in [2.24, 2.45) is 16.7 Å². The fourth-order valence-electron chi connectivity index (χ4n) is 2.90. The summed E-state index contributed by atoms with van der Waals surface area (Å²) in [5.74, 6) is 2.03. The van der Waals surface area contributed by atoms with Crippen molar-refractivity contribution in [2.45, 2.75) is 45.8 Å². The Labute approximate surface area is 91.0 Å². The number of Topliss-reactive ketones (excluding diaryl/α,β-unsaturated/α-hetero) is 1. The maximum Gasteiger partial charge on any atom is 0.149 e. The Morgan fingerprint density at radius 2 is 1.79 bits per heavy atom. The van der Waals surface area contributed by atoms with Gasteiger partial charge in [-0.15, -0.1) is 0 Å². The average molecular weight is 212 g/mol. The van der Waals surface area contributed by atoms with E-state index in [0.29, 0.717) is 17.0 Å². The van der Waals surface area contributed by atoms with Crippen LogP contribution in [0.1, 0.15) is 40.5 Å². The number of thioether (sulfide) groups is 1. The summed E-state index contributed by atoms with van der Waals surface area (Å²) in [6, 6.07) is 0. The van der Waals surface area contributed by atoms with Crippen molar-refractivity contribution in [3.8, 4) is 0 Å². The number of hydrogen-bond acceptors (Lipinski definition) is 2. The smallest absolute Gasteiger partial charge is 0.149 e. The first-order valence-corrected chi connectivity index (χ1v) is 6.59. The molecule has 80 valence electrons. The second-order valence-electron chi connectivity index (χ2n) is 5.78. The Kier molecular flexibility index (Phi) is 2.26. The molecule has 0 N–H and O–H groups in total. The van der Waals surface area contributed by atoms with Crippen LogP contribution in [0.2, 0.25) is 0 Å². The van der Waals surface area contributed by atoms with Gasteiger partial charge in [-0.25, -0.2) is 0 Å². The third-order valence-corrected chi connectivity index (χ3v) is 5.95. The molecule has 1 aliphatic heterocycles. The van der Waals surface area contributed by atoms with E-state index in [2.05, 4.69) is 27.7 Å². The van der Waals surface area contributed by atoms with Crippen LogP contribution in [0.15, 0.2) is 0 Å². The summed E-state index contributed by atoms with van der Waals surface area (Å²) in [6.45, 7) is 8.93. The predicted octanol–water partition coefficient (Wildman–Crippen LogP) is 3.13. The van der Waals surface area contributed by atoms with E-state index >= 15 is 0 Å². The Hall–Kier alpha value is 0.0200. The minimum absolute atomic E-state index is 0.229. The van der Waals surface area contributed by atoms with Crippen LogP contribution in [0.4, 0.5) is 0 Å². The van der Waals surface area contributed by atoms with Crippen molar-refractivity contribution in [1.29, 1.82) is 0 Å². The molecule has 2 fully saturated rings. The normalized spacial score (nSPS) is 34.4. The van der Waals surface area contributed by atoms with Gasteiger partial charge in [0.1, 0.15) is 5.78 Å². The molecule has 1 saturated carbocycles. The van der Waals surface area contributed by atoms with Gasteiger partial charge in [0, 0.05) is 5.92 Å². The van der Waals surface area contributed by atoms with Crippen molar-refractivity contribution in [3.05, 3.63) is 0 Å². The van der Waals surface area contributed by atoms with Crippen molar-refractivity contribution >= 4 is 17.5 Å². The highest BCUT2D eigenvalue weighted by molar-refractivity contribution is 8.00. The van der Waals surface area contributed by atoms with Gasteiger partial charge in [-0.1, -0.05) is 27.7 Å². The lowest BCUT2D eigenvalue weighted by molar-refractivity contribution is -0.120.